The fraction of sp³-hybridized carbons (Fsp3) is 0.952. The lowest BCUT2D eigenvalue weighted by Gasteiger charge is -2.60. The van der Waals surface area contributed by atoms with Crippen LogP contribution in [-0.4, -0.2) is 12.1 Å². The standard InChI is InChI=1S/C21H34O2/c1-14(22)23-16-8-12-21(3)15(13-16)6-7-17-18-5-4-10-20(18,2)11-9-19(17)21/h15-19H,4-13H2,1-3H3/t15-,16+,17-,18-,19+,20-,21-/m0/s1. The summed E-state index contributed by atoms with van der Waals surface area (Å²) in [6.45, 7) is 6.75. The first-order valence-electron chi connectivity index (χ1n) is 10.1. The molecule has 0 aromatic heterocycles. The highest BCUT2D eigenvalue weighted by atomic mass is 16.5. The number of hydrogen-bond acceptors (Lipinski definition) is 2. The molecular weight excluding hydrogens is 284 g/mol. The van der Waals surface area contributed by atoms with E-state index in [1.807, 2.05) is 0 Å². The maximum absolute atomic E-state index is 11.3. The number of ether oxygens (including phenoxy) is 1. The number of carbonyl (C=O) groups excluding carboxylic acids is 1. The Morgan fingerprint density at radius 1 is 0.957 bits per heavy atom. The molecule has 2 nitrogen and oxygen atoms in total. The summed E-state index contributed by atoms with van der Waals surface area (Å²) in [6, 6.07) is 0. The van der Waals surface area contributed by atoms with Gasteiger partial charge in [-0.2, -0.15) is 0 Å². The van der Waals surface area contributed by atoms with Gasteiger partial charge in [0, 0.05) is 6.92 Å². The lowest BCUT2D eigenvalue weighted by Crippen LogP contribution is -2.53. The quantitative estimate of drug-likeness (QED) is 0.609. The maximum atomic E-state index is 11.3. The van der Waals surface area contributed by atoms with Crippen molar-refractivity contribution in [2.45, 2.75) is 91.1 Å². The summed E-state index contributed by atoms with van der Waals surface area (Å²) in [4.78, 5) is 11.3. The summed E-state index contributed by atoms with van der Waals surface area (Å²) >= 11 is 0. The van der Waals surface area contributed by atoms with Gasteiger partial charge in [-0.3, -0.25) is 4.79 Å². The van der Waals surface area contributed by atoms with Gasteiger partial charge in [-0.05, 0) is 92.3 Å². The van der Waals surface area contributed by atoms with Crippen molar-refractivity contribution in [3.8, 4) is 0 Å². The Labute approximate surface area is 141 Å². The van der Waals surface area contributed by atoms with Crippen LogP contribution < -0.4 is 0 Å². The Bertz CT molecular complexity index is 486. The molecule has 0 spiro atoms. The molecule has 4 rings (SSSR count). The molecule has 7 atom stereocenters. The summed E-state index contributed by atoms with van der Waals surface area (Å²) in [5.41, 5.74) is 1.18. The lowest BCUT2D eigenvalue weighted by molar-refractivity contribution is -0.159. The van der Waals surface area contributed by atoms with Crippen LogP contribution in [0, 0.1) is 34.5 Å². The second-order valence-electron chi connectivity index (χ2n) is 9.75. The van der Waals surface area contributed by atoms with Crippen molar-refractivity contribution >= 4 is 5.97 Å². The third kappa shape index (κ3) is 2.46. The van der Waals surface area contributed by atoms with Crippen LogP contribution in [0.1, 0.15) is 85.0 Å². The highest BCUT2D eigenvalue weighted by Crippen LogP contribution is 2.66. The van der Waals surface area contributed by atoms with Gasteiger partial charge in [0.15, 0.2) is 0 Å². The zero-order valence-electron chi connectivity index (χ0n) is 15.3. The molecule has 0 amide bonds. The van der Waals surface area contributed by atoms with E-state index in [2.05, 4.69) is 13.8 Å². The minimum Gasteiger partial charge on any atom is -0.463 e. The molecule has 4 aliphatic rings. The fourth-order valence-corrected chi connectivity index (χ4v) is 7.55. The molecule has 0 heterocycles. The zero-order chi connectivity index (χ0) is 16.2. The molecular formula is C21H34O2. The van der Waals surface area contributed by atoms with Gasteiger partial charge in [0.25, 0.3) is 0 Å². The minimum absolute atomic E-state index is 0.0910. The van der Waals surface area contributed by atoms with Crippen LogP contribution in [0.15, 0.2) is 0 Å². The van der Waals surface area contributed by atoms with E-state index < -0.39 is 0 Å². The third-order valence-electron chi connectivity index (χ3n) is 8.73. The van der Waals surface area contributed by atoms with Crippen molar-refractivity contribution in [2.24, 2.45) is 34.5 Å². The maximum Gasteiger partial charge on any atom is 0.302 e. The largest absolute Gasteiger partial charge is 0.463 e. The average Bonchev–Trinajstić information content (AvgIpc) is 2.89. The van der Waals surface area contributed by atoms with Crippen molar-refractivity contribution in [1.29, 1.82) is 0 Å². The highest BCUT2D eigenvalue weighted by Gasteiger charge is 2.57. The predicted molar refractivity (Wildman–Crippen MR) is 91.9 cm³/mol. The summed E-state index contributed by atoms with van der Waals surface area (Å²) in [5.74, 6) is 3.63. The second-order valence-corrected chi connectivity index (χ2v) is 9.75. The number of fused-ring (bicyclic) bond motifs is 5. The van der Waals surface area contributed by atoms with Crippen molar-refractivity contribution in [3.63, 3.8) is 0 Å². The molecule has 0 aromatic carbocycles. The van der Waals surface area contributed by atoms with Gasteiger partial charge in [-0.15, -0.1) is 0 Å². The molecule has 130 valence electrons. The topological polar surface area (TPSA) is 26.3 Å². The van der Waals surface area contributed by atoms with Crippen LogP contribution in [0.25, 0.3) is 0 Å². The van der Waals surface area contributed by atoms with E-state index in [9.17, 15) is 4.79 Å². The van der Waals surface area contributed by atoms with Crippen LogP contribution in [0.3, 0.4) is 0 Å². The molecule has 4 fully saturated rings. The van der Waals surface area contributed by atoms with Gasteiger partial charge in [0.1, 0.15) is 6.10 Å². The minimum atomic E-state index is -0.0910. The van der Waals surface area contributed by atoms with E-state index in [1.165, 1.54) is 51.4 Å². The Kier molecular flexibility index (Phi) is 3.81. The van der Waals surface area contributed by atoms with E-state index in [0.29, 0.717) is 10.8 Å². The van der Waals surface area contributed by atoms with Crippen LogP contribution >= 0.6 is 0 Å². The summed E-state index contributed by atoms with van der Waals surface area (Å²) < 4.78 is 5.57. The van der Waals surface area contributed by atoms with Crippen molar-refractivity contribution in [1.82, 2.24) is 0 Å². The second kappa shape index (κ2) is 5.49. The van der Waals surface area contributed by atoms with Crippen LogP contribution in [0.5, 0.6) is 0 Å². The Morgan fingerprint density at radius 3 is 2.57 bits per heavy atom. The third-order valence-corrected chi connectivity index (χ3v) is 8.73. The monoisotopic (exact) mass is 318 g/mol. The highest BCUT2D eigenvalue weighted by molar-refractivity contribution is 5.66. The van der Waals surface area contributed by atoms with Gasteiger partial charge in [-0.1, -0.05) is 20.3 Å². The molecule has 0 N–H and O–H groups in total. The Balaban J connectivity index is 1.53. The van der Waals surface area contributed by atoms with Crippen LogP contribution in [0.2, 0.25) is 0 Å². The SMILES string of the molecule is CC(=O)O[C@@H]1CC[C@@]2(C)[C@@H](CC[C@@H]3[C@H]2CC[C@]2(C)CCC[C@@H]32)C1. The average molecular weight is 319 g/mol. The number of esters is 1. The molecule has 23 heavy (non-hydrogen) atoms. The summed E-state index contributed by atoms with van der Waals surface area (Å²) in [7, 11) is 0. The zero-order valence-corrected chi connectivity index (χ0v) is 15.3. The molecule has 4 aliphatic carbocycles. The van der Waals surface area contributed by atoms with E-state index in [4.69, 9.17) is 4.74 Å². The van der Waals surface area contributed by atoms with Crippen LogP contribution in [-0.2, 0) is 9.53 Å². The van der Waals surface area contributed by atoms with E-state index in [1.54, 1.807) is 6.92 Å². The molecule has 0 saturated heterocycles. The first-order valence-corrected chi connectivity index (χ1v) is 10.1. The smallest absolute Gasteiger partial charge is 0.302 e. The van der Waals surface area contributed by atoms with Crippen molar-refractivity contribution < 1.29 is 9.53 Å². The molecule has 4 saturated carbocycles. The predicted octanol–water partition coefficient (Wildman–Crippen LogP) is 5.35. The summed E-state index contributed by atoms with van der Waals surface area (Å²) in [6.07, 6.45) is 13.9. The lowest BCUT2D eigenvalue weighted by atomic mass is 9.45. The first-order chi connectivity index (χ1) is 10.9. The van der Waals surface area contributed by atoms with Gasteiger partial charge in [0.2, 0.25) is 0 Å². The molecule has 0 radical (unpaired) electrons. The first kappa shape index (κ1) is 16.0. The summed E-state index contributed by atoms with van der Waals surface area (Å²) in [5, 5.41) is 0. The van der Waals surface area contributed by atoms with Gasteiger partial charge in [-0.25, -0.2) is 0 Å². The van der Waals surface area contributed by atoms with Crippen molar-refractivity contribution in [2.75, 3.05) is 0 Å². The van der Waals surface area contributed by atoms with E-state index in [-0.39, 0.29) is 12.1 Å². The number of rotatable bonds is 1. The normalized spacial score (nSPS) is 52.2. The number of hydrogen-bond donors (Lipinski definition) is 0. The molecule has 2 heteroatoms. The van der Waals surface area contributed by atoms with Crippen molar-refractivity contribution in [3.05, 3.63) is 0 Å². The van der Waals surface area contributed by atoms with Crippen LogP contribution in [0.4, 0.5) is 0 Å². The fourth-order valence-electron chi connectivity index (χ4n) is 7.55. The Morgan fingerprint density at radius 2 is 1.78 bits per heavy atom. The Hall–Kier alpha value is -0.530. The van der Waals surface area contributed by atoms with Gasteiger partial charge < -0.3 is 4.74 Å². The molecule has 0 aliphatic heterocycles. The van der Waals surface area contributed by atoms with E-state index in [0.717, 1.165) is 36.5 Å². The molecule has 0 unspecified atom stereocenters. The molecule has 0 bridgehead atoms. The van der Waals surface area contributed by atoms with E-state index >= 15 is 0 Å². The number of carbonyl (C=O) groups is 1. The molecule has 0 aromatic rings. The van der Waals surface area contributed by atoms with Gasteiger partial charge >= 0.3 is 5.97 Å². The van der Waals surface area contributed by atoms with Gasteiger partial charge in [0.05, 0.1) is 0 Å².